The van der Waals surface area contributed by atoms with Gasteiger partial charge in [0.2, 0.25) is 5.13 Å². The van der Waals surface area contributed by atoms with E-state index in [9.17, 15) is 4.79 Å². The van der Waals surface area contributed by atoms with E-state index in [-0.39, 0.29) is 12.5 Å². The molecule has 0 aliphatic carbocycles. The Bertz CT molecular complexity index is 920. The van der Waals surface area contributed by atoms with Crippen LogP contribution < -0.4 is 19.5 Å². The summed E-state index contributed by atoms with van der Waals surface area (Å²) < 4.78 is 16.2. The molecule has 0 atom stereocenters. The number of ether oxygens (including phenoxy) is 3. The van der Waals surface area contributed by atoms with Crippen LogP contribution in [0.4, 0.5) is 5.13 Å². The lowest BCUT2D eigenvalue weighted by Crippen LogP contribution is -2.14. The number of aryl methyl sites for hydroxylation is 1. The Morgan fingerprint density at radius 3 is 2.44 bits per heavy atom. The molecular formula is C19H19N3O4S. The molecule has 0 spiro atoms. The zero-order valence-corrected chi connectivity index (χ0v) is 16.0. The van der Waals surface area contributed by atoms with Crippen molar-refractivity contribution in [2.75, 3.05) is 19.5 Å². The zero-order valence-electron chi connectivity index (χ0n) is 15.2. The number of amides is 1. The van der Waals surface area contributed by atoms with Gasteiger partial charge in [0.25, 0.3) is 5.91 Å². The van der Waals surface area contributed by atoms with Crippen molar-refractivity contribution in [2.24, 2.45) is 0 Å². The highest BCUT2D eigenvalue weighted by Crippen LogP contribution is 2.29. The van der Waals surface area contributed by atoms with Crippen LogP contribution in [0.5, 0.6) is 17.2 Å². The van der Waals surface area contributed by atoms with Crippen LogP contribution in [0, 0.1) is 6.92 Å². The van der Waals surface area contributed by atoms with Crippen LogP contribution in [0.2, 0.25) is 0 Å². The summed E-state index contributed by atoms with van der Waals surface area (Å²) in [6.07, 6.45) is 0. The van der Waals surface area contributed by atoms with Crippen molar-refractivity contribution in [3.05, 3.63) is 58.6 Å². The van der Waals surface area contributed by atoms with Crippen molar-refractivity contribution in [1.29, 1.82) is 0 Å². The summed E-state index contributed by atoms with van der Waals surface area (Å²) in [7, 11) is 2.99. The van der Waals surface area contributed by atoms with Gasteiger partial charge in [0.15, 0.2) is 5.01 Å². The number of carbonyl (C=O) groups is 1. The summed E-state index contributed by atoms with van der Waals surface area (Å²) in [6.45, 7) is 2.27. The van der Waals surface area contributed by atoms with E-state index in [4.69, 9.17) is 14.2 Å². The fraction of sp³-hybridized carbons (Fsp3) is 0.211. The minimum absolute atomic E-state index is 0.273. The third-order valence-corrected chi connectivity index (χ3v) is 4.51. The molecule has 3 rings (SSSR count). The number of methoxy groups -OCH3 is 2. The lowest BCUT2D eigenvalue weighted by Gasteiger charge is -2.11. The van der Waals surface area contributed by atoms with E-state index in [1.165, 1.54) is 25.6 Å². The highest BCUT2D eigenvalue weighted by molar-refractivity contribution is 7.15. The van der Waals surface area contributed by atoms with Crippen LogP contribution in [-0.2, 0) is 6.61 Å². The first kappa shape index (κ1) is 18.7. The van der Waals surface area contributed by atoms with Crippen LogP contribution in [0.15, 0.2) is 42.5 Å². The second kappa shape index (κ2) is 8.50. The van der Waals surface area contributed by atoms with Crippen LogP contribution in [-0.4, -0.2) is 30.3 Å². The van der Waals surface area contributed by atoms with E-state index in [0.717, 1.165) is 11.3 Å². The lowest BCUT2D eigenvalue weighted by molar-refractivity contribution is 0.102. The molecule has 0 bridgehead atoms. The standard InChI is InChI=1S/C19H19N3O4S/c1-12-6-4-7-13(10-12)26-11-16-21-22-19(27-16)20-18(23)17-14(24-2)8-5-9-15(17)25-3/h4-10H,11H2,1-3H3,(H,20,22,23). The minimum atomic E-state index is -0.383. The molecule has 0 unspecified atom stereocenters. The van der Waals surface area contributed by atoms with Gasteiger partial charge in [-0.1, -0.05) is 29.5 Å². The number of hydrogen-bond acceptors (Lipinski definition) is 7. The van der Waals surface area contributed by atoms with Gasteiger partial charge < -0.3 is 14.2 Å². The Balaban J connectivity index is 1.68. The van der Waals surface area contributed by atoms with Gasteiger partial charge >= 0.3 is 0 Å². The highest BCUT2D eigenvalue weighted by Gasteiger charge is 2.19. The first-order valence-electron chi connectivity index (χ1n) is 8.15. The number of hydrogen-bond donors (Lipinski definition) is 1. The van der Waals surface area contributed by atoms with Crippen LogP contribution in [0.25, 0.3) is 0 Å². The topological polar surface area (TPSA) is 82.6 Å². The van der Waals surface area contributed by atoms with Crippen molar-refractivity contribution in [2.45, 2.75) is 13.5 Å². The van der Waals surface area contributed by atoms with Crippen LogP contribution in [0.1, 0.15) is 20.9 Å². The summed E-state index contributed by atoms with van der Waals surface area (Å²) in [5, 5.41) is 11.8. The molecule has 1 N–H and O–H groups in total. The first-order valence-corrected chi connectivity index (χ1v) is 8.96. The predicted molar refractivity (Wildman–Crippen MR) is 103 cm³/mol. The Morgan fingerprint density at radius 2 is 1.78 bits per heavy atom. The summed E-state index contributed by atoms with van der Waals surface area (Å²) >= 11 is 1.25. The zero-order chi connectivity index (χ0) is 19.2. The molecule has 1 aromatic heterocycles. The molecule has 0 radical (unpaired) electrons. The van der Waals surface area contributed by atoms with Gasteiger partial charge in [-0.25, -0.2) is 0 Å². The van der Waals surface area contributed by atoms with Gasteiger partial charge in [-0.15, -0.1) is 10.2 Å². The first-order chi connectivity index (χ1) is 13.1. The largest absolute Gasteiger partial charge is 0.496 e. The molecule has 7 nitrogen and oxygen atoms in total. The lowest BCUT2D eigenvalue weighted by atomic mass is 10.1. The van der Waals surface area contributed by atoms with Crippen molar-refractivity contribution in [3.8, 4) is 17.2 Å². The molecule has 0 aliphatic rings. The number of nitrogens with one attached hydrogen (secondary N) is 1. The number of nitrogens with zero attached hydrogens (tertiary/aromatic N) is 2. The molecular weight excluding hydrogens is 366 g/mol. The normalized spacial score (nSPS) is 10.3. The molecule has 1 amide bonds. The van der Waals surface area contributed by atoms with E-state index in [1.54, 1.807) is 18.2 Å². The smallest absolute Gasteiger partial charge is 0.265 e. The van der Waals surface area contributed by atoms with Crippen molar-refractivity contribution >= 4 is 22.4 Å². The fourth-order valence-corrected chi connectivity index (χ4v) is 3.10. The van der Waals surface area contributed by atoms with Gasteiger partial charge in [-0.2, -0.15) is 0 Å². The Hall–Kier alpha value is -3.13. The van der Waals surface area contributed by atoms with Crippen molar-refractivity contribution < 1.29 is 19.0 Å². The molecule has 140 valence electrons. The van der Waals surface area contributed by atoms with E-state index in [2.05, 4.69) is 15.5 Å². The van der Waals surface area contributed by atoms with Crippen molar-refractivity contribution in [3.63, 3.8) is 0 Å². The predicted octanol–water partition coefficient (Wildman–Crippen LogP) is 3.70. The number of carbonyl (C=O) groups excluding carboxylic acids is 1. The SMILES string of the molecule is COc1cccc(OC)c1C(=O)Nc1nnc(COc2cccc(C)c2)s1. The summed E-state index contributed by atoms with van der Waals surface area (Å²) in [5.41, 5.74) is 1.42. The summed E-state index contributed by atoms with van der Waals surface area (Å²) in [4.78, 5) is 12.6. The summed E-state index contributed by atoms with van der Waals surface area (Å²) in [5.74, 6) is 1.21. The molecule has 0 fully saturated rings. The molecule has 1 heterocycles. The molecule has 2 aromatic carbocycles. The third kappa shape index (κ3) is 4.53. The Morgan fingerprint density at radius 1 is 1.07 bits per heavy atom. The number of anilines is 1. The Kier molecular flexibility index (Phi) is 5.87. The number of aromatic nitrogens is 2. The van der Waals surface area contributed by atoms with E-state index in [0.29, 0.717) is 27.2 Å². The molecule has 3 aromatic rings. The summed E-state index contributed by atoms with van der Waals surface area (Å²) in [6, 6.07) is 12.9. The Labute approximate surface area is 160 Å². The molecule has 8 heteroatoms. The van der Waals surface area contributed by atoms with E-state index < -0.39 is 0 Å². The molecule has 0 saturated carbocycles. The van der Waals surface area contributed by atoms with Gasteiger partial charge in [-0.05, 0) is 36.8 Å². The quantitative estimate of drug-likeness (QED) is 0.668. The van der Waals surface area contributed by atoms with E-state index in [1.807, 2.05) is 31.2 Å². The number of rotatable bonds is 7. The fourth-order valence-electron chi connectivity index (χ4n) is 2.45. The van der Waals surface area contributed by atoms with Crippen LogP contribution >= 0.6 is 11.3 Å². The van der Waals surface area contributed by atoms with Gasteiger partial charge in [0.1, 0.15) is 29.4 Å². The second-order valence-corrected chi connectivity index (χ2v) is 6.66. The highest BCUT2D eigenvalue weighted by atomic mass is 32.1. The molecule has 0 saturated heterocycles. The van der Waals surface area contributed by atoms with Crippen LogP contribution in [0.3, 0.4) is 0 Å². The monoisotopic (exact) mass is 385 g/mol. The van der Waals surface area contributed by atoms with Gasteiger partial charge in [0.05, 0.1) is 14.2 Å². The van der Waals surface area contributed by atoms with E-state index >= 15 is 0 Å². The molecule has 27 heavy (non-hydrogen) atoms. The van der Waals surface area contributed by atoms with Gasteiger partial charge in [-0.3, -0.25) is 10.1 Å². The third-order valence-electron chi connectivity index (χ3n) is 3.69. The number of benzene rings is 2. The second-order valence-electron chi connectivity index (χ2n) is 5.60. The maximum Gasteiger partial charge on any atom is 0.265 e. The van der Waals surface area contributed by atoms with Gasteiger partial charge in [0, 0.05) is 0 Å². The maximum absolute atomic E-state index is 12.6. The minimum Gasteiger partial charge on any atom is -0.496 e. The average molecular weight is 385 g/mol. The maximum atomic E-state index is 12.6. The van der Waals surface area contributed by atoms with Crippen molar-refractivity contribution in [1.82, 2.24) is 10.2 Å². The average Bonchev–Trinajstić information content (AvgIpc) is 3.13. The molecule has 0 aliphatic heterocycles.